The Kier molecular flexibility index (Phi) is 5.61. The number of aromatic amines is 1. The van der Waals surface area contributed by atoms with Gasteiger partial charge in [-0.2, -0.15) is 0 Å². The van der Waals surface area contributed by atoms with Gasteiger partial charge >= 0.3 is 0 Å². The maximum Gasteiger partial charge on any atom is 0.270 e. The Morgan fingerprint density at radius 1 is 0.794 bits per heavy atom. The molecule has 1 N–H and O–H groups in total. The molecule has 1 aliphatic carbocycles. The Balaban J connectivity index is 1.14. The third kappa shape index (κ3) is 4.00. The molecule has 3 heterocycles. The predicted molar refractivity (Wildman–Crippen MR) is 133 cm³/mol. The van der Waals surface area contributed by atoms with Crippen molar-refractivity contribution >= 4 is 22.7 Å². The highest BCUT2D eigenvalue weighted by Crippen LogP contribution is 2.26. The molecule has 6 heteroatoms. The Morgan fingerprint density at radius 2 is 1.56 bits per heavy atom. The first-order chi connectivity index (χ1) is 16.7. The zero-order valence-electron chi connectivity index (χ0n) is 19.6. The summed E-state index contributed by atoms with van der Waals surface area (Å²) in [5.41, 5.74) is 4.73. The first-order valence-corrected chi connectivity index (χ1v) is 12.7. The molecule has 0 bridgehead atoms. The number of rotatable bonds is 3. The zero-order chi connectivity index (χ0) is 23.1. The van der Waals surface area contributed by atoms with Crippen molar-refractivity contribution < 1.29 is 9.59 Å². The van der Waals surface area contributed by atoms with Crippen molar-refractivity contribution in [3.8, 4) is 0 Å². The van der Waals surface area contributed by atoms with Gasteiger partial charge in [0.2, 0.25) is 0 Å². The van der Waals surface area contributed by atoms with Crippen molar-refractivity contribution in [3.63, 3.8) is 0 Å². The third-order valence-electron chi connectivity index (χ3n) is 7.96. The number of fused-ring (bicyclic) bond motifs is 2. The fourth-order valence-electron chi connectivity index (χ4n) is 5.96. The SMILES string of the molecule is O=C(c1ccc2[nH]c(C(=O)N3CCc4ccccc4C3)cc2c1)N1CCN(C2CCCC2)CC1. The first-order valence-electron chi connectivity index (χ1n) is 12.7. The number of nitrogens with one attached hydrogen (secondary N) is 1. The number of benzene rings is 2. The maximum atomic E-state index is 13.2. The highest BCUT2D eigenvalue weighted by atomic mass is 16.2. The second kappa shape index (κ2) is 8.91. The second-order valence-corrected chi connectivity index (χ2v) is 10.00. The average Bonchev–Trinajstić information content (AvgIpc) is 3.57. The van der Waals surface area contributed by atoms with Gasteiger partial charge in [0.1, 0.15) is 5.69 Å². The van der Waals surface area contributed by atoms with Crippen LogP contribution < -0.4 is 0 Å². The number of carbonyl (C=O) groups is 2. The van der Waals surface area contributed by atoms with E-state index in [1.807, 2.05) is 40.1 Å². The smallest absolute Gasteiger partial charge is 0.270 e. The summed E-state index contributed by atoms with van der Waals surface area (Å²) < 4.78 is 0. The van der Waals surface area contributed by atoms with E-state index in [1.54, 1.807) is 0 Å². The molecule has 6 rings (SSSR count). The predicted octanol–water partition coefficient (Wildman–Crippen LogP) is 4.07. The summed E-state index contributed by atoms with van der Waals surface area (Å²) in [7, 11) is 0. The summed E-state index contributed by atoms with van der Waals surface area (Å²) >= 11 is 0. The van der Waals surface area contributed by atoms with E-state index in [0.29, 0.717) is 17.8 Å². The normalized spacial score (nSPS) is 19.5. The van der Waals surface area contributed by atoms with Gasteiger partial charge < -0.3 is 14.8 Å². The number of hydrogen-bond acceptors (Lipinski definition) is 3. The first kappa shape index (κ1) is 21.4. The molecule has 1 saturated heterocycles. The monoisotopic (exact) mass is 456 g/mol. The van der Waals surface area contributed by atoms with E-state index in [4.69, 9.17) is 0 Å². The van der Waals surface area contributed by atoms with Crippen LogP contribution in [0, 0.1) is 0 Å². The number of hydrogen-bond donors (Lipinski definition) is 1. The quantitative estimate of drug-likeness (QED) is 0.647. The highest BCUT2D eigenvalue weighted by molar-refractivity contribution is 6.01. The maximum absolute atomic E-state index is 13.2. The molecule has 3 aliphatic rings. The summed E-state index contributed by atoms with van der Waals surface area (Å²) in [5.74, 6) is 0.108. The van der Waals surface area contributed by atoms with Gasteiger partial charge in [0.15, 0.2) is 0 Å². The van der Waals surface area contributed by atoms with E-state index in [-0.39, 0.29) is 11.8 Å². The van der Waals surface area contributed by atoms with Crippen molar-refractivity contribution in [1.82, 2.24) is 19.7 Å². The molecule has 6 nitrogen and oxygen atoms in total. The van der Waals surface area contributed by atoms with Gasteiger partial charge in [-0.05, 0) is 54.7 Å². The Labute approximate surface area is 200 Å². The number of carbonyl (C=O) groups excluding carboxylic acids is 2. The summed E-state index contributed by atoms with van der Waals surface area (Å²) in [6, 6.07) is 16.7. The second-order valence-electron chi connectivity index (χ2n) is 10.00. The van der Waals surface area contributed by atoms with E-state index in [1.165, 1.54) is 36.8 Å². The third-order valence-corrected chi connectivity index (χ3v) is 7.96. The van der Waals surface area contributed by atoms with Crippen LogP contribution in [-0.4, -0.2) is 70.3 Å². The number of aromatic nitrogens is 1. The van der Waals surface area contributed by atoms with Gasteiger partial charge in [0.25, 0.3) is 11.8 Å². The average molecular weight is 457 g/mol. The van der Waals surface area contributed by atoms with Crippen molar-refractivity contribution in [2.24, 2.45) is 0 Å². The van der Waals surface area contributed by atoms with Crippen molar-refractivity contribution in [1.29, 1.82) is 0 Å². The molecule has 34 heavy (non-hydrogen) atoms. The summed E-state index contributed by atoms with van der Waals surface area (Å²) in [5, 5.41) is 0.913. The fourth-order valence-corrected chi connectivity index (χ4v) is 5.96. The van der Waals surface area contributed by atoms with Crippen LogP contribution in [0.4, 0.5) is 0 Å². The lowest BCUT2D eigenvalue weighted by Crippen LogP contribution is -2.51. The van der Waals surface area contributed by atoms with Gasteiger partial charge in [-0.1, -0.05) is 37.1 Å². The van der Waals surface area contributed by atoms with Crippen molar-refractivity contribution in [3.05, 3.63) is 70.9 Å². The van der Waals surface area contributed by atoms with Crippen LogP contribution in [0.5, 0.6) is 0 Å². The zero-order valence-corrected chi connectivity index (χ0v) is 19.6. The molecular weight excluding hydrogens is 424 g/mol. The van der Waals surface area contributed by atoms with Gasteiger partial charge in [-0.3, -0.25) is 14.5 Å². The largest absolute Gasteiger partial charge is 0.351 e. The lowest BCUT2D eigenvalue weighted by molar-refractivity contribution is 0.0573. The molecule has 2 fully saturated rings. The summed E-state index contributed by atoms with van der Waals surface area (Å²) in [6.07, 6.45) is 6.19. The lowest BCUT2D eigenvalue weighted by Gasteiger charge is -2.38. The van der Waals surface area contributed by atoms with E-state index in [9.17, 15) is 9.59 Å². The van der Waals surface area contributed by atoms with Crippen LogP contribution in [0.2, 0.25) is 0 Å². The molecular formula is C28H32N4O2. The van der Waals surface area contributed by atoms with E-state index >= 15 is 0 Å². The molecule has 1 saturated carbocycles. The minimum absolute atomic E-state index is 0.0154. The Bertz CT molecular complexity index is 1220. The van der Waals surface area contributed by atoms with E-state index in [0.717, 1.165) is 56.1 Å². The van der Waals surface area contributed by atoms with Crippen LogP contribution in [-0.2, 0) is 13.0 Å². The molecule has 0 spiro atoms. The van der Waals surface area contributed by atoms with Gasteiger partial charge in [0.05, 0.1) is 0 Å². The topological polar surface area (TPSA) is 59.7 Å². The molecule has 2 aromatic carbocycles. The Morgan fingerprint density at radius 3 is 2.35 bits per heavy atom. The lowest BCUT2D eigenvalue weighted by atomic mass is 10.00. The Hall–Kier alpha value is -3.12. The van der Waals surface area contributed by atoms with E-state index < -0.39 is 0 Å². The number of H-pyrrole nitrogens is 1. The van der Waals surface area contributed by atoms with Gasteiger partial charge in [0, 0.05) is 61.8 Å². The van der Waals surface area contributed by atoms with Crippen LogP contribution in [0.3, 0.4) is 0 Å². The number of piperazine rings is 1. The molecule has 2 aliphatic heterocycles. The molecule has 0 radical (unpaired) electrons. The fraction of sp³-hybridized carbons (Fsp3) is 0.429. The van der Waals surface area contributed by atoms with Crippen LogP contribution in [0.1, 0.15) is 57.7 Å². The standard InChI is InChI=1S/C28H32N4O2/c33-27(31-15-13-30(14-16-31)24-7-3-4-8-24)21-9-10-25-23(17-21)18-26(29-25)28(34)32-12-11-20-5-1-2-6-22(20)19-32/h1-2,5-6,9-10,17-18,24,29H,3-4,7-8,11-16,19H2. The van der Waals surface area contributed by atoms with Crippen molar-refractivity contribution in [2.45, 2.75) is 44.7 Å². The molecule has 1 aromatic heterocycles. The summed E-state index contributed by atoms with van der Waals surface area (Å²) in [4.78, 5) is 36.1. The van der Waals surface area contributed by atoms with Crippen LogP contribution in [0.15, 0.2) is 48.5 Å². The van der Waals surface area contributed by atoms with Crippen LogP contribution in [0.25, 0.3) is 10.9 Å². The molecule has 3 aromatic rings. The number of amides is 2. The molecule has 2 amide bonds. The number of nitrogens with zero attached hydrogens (tertiary/aromatic N) is 3. The van der Waals surface area contributed by atoms with Crippen LogP contribution >= 0.6 is 0 Å². The highest BCUT2D eigenvalue weighted by Gasteiger charge is 2.28. The van der Waals surface area contributed by atoms with Crippen molar-refractivity contribution in [2.75, 3.05) is 32.7 Å². The minimum Gasteiger partial charge on any atom is -0.351 e. The van der Waals surface area contributed by atoms with Gasteiger partial charge in [-0.15, -0.1) is 0 Å². The molecule has 0 unspecified atom stereocenters. The van der Waals surface area contributed by atoms with E-state index in [2.05, 4.69) is 28.1 Å². The molecule has 176 valence electrons. The van der Waals surface area contributed by atoms with Gasteiger partial charge in [-0.25, -0.2) is 0 Å². The minimum atomic E-state index is 0.0154. The molecule has 0 atom stereocenters. The summed E-state index contributed by atoms with van der Waals surface area (Å²) in [6.45, 7) is 4.89.